The Morgan fingerprint density at radius 2 is 1.94 bits per heavy atom. The van der Waals surface area contributed by atoms with Crippen LogP contribution in [0.15, 0.2) is 68.9 Å². The zero-order valence-corrected chi connectivity index (χ0v) is 19.0. The zero-order chi connectivity index (χ0) is 22.0. The normalized spacial score (nSPS) is 16.5. The van der Waals surface area contributed by atoms with Gasteiger partial charge in [-0.15, -0.1) is 0 Å². The fourth-order valence-electron chi connectivity index (χ4n) is 3.20. The summed E-state index contributed by atoms with van der Waals surface area (Å²) >= 11 is 7.47. The van der Waals surface area contributed by atoms with Crippen molar-refractivity contribution in [1.29, 1.82) is 0 Å². The van der Waals surface area contributed by atoms with Crippen LogP contribution in [0, 0.1) is 6.92 Å². The number of carbonyl (C=O) groups is 1. The molecule has 0 aliphatic carbocycles. The number of thioether (sulfide) groups is 1. The Kier molecular flexibility index (Phi) is 6.20. The van der Waals surface area contributed by atoms with Gasteiger partial charge in [0.2, 0.25) is 0 Å². The summed E-state index contributed by atoms with van der Waals surface area (Å²) in [6, 6.07) is 16.8. The lowest BCUT2D eigenvalue weighted by molar-refractivity contribution is -0.122. The number of ether oxygens (including phenoxy) is 1. The zero-order valence-electron chi connectivity index (χ0n) is 17.4. The van der Waals surface area contributed by atoms with Crippen molar-refractivity contribution in [2.24, 2.45) is 4.99 Å². The third-order valence-electron chi connectivity index (χ3n) is 4.87. The summed E-state index contributed by atoms with van der Waals surface area (Å²) in [6.07, 6.45) is 1.76. The Labute approximate surface area is 190 Å². The van der Waals surface area contributed by atoms with Gasteiger partial charge >= 0.3 is 0 Å². The number of aryl methyl sites for hydroxylation is 1. The molecule has 2 aromatic carbocycles. The van der Waals surface area contributed by atoms with Gasteiger partial charge in [-0.3, -0.25) is 9.69 Å². The molecule has 1 aromatic heterocycles. The van der Waals surface area contributed by atoms with E-state index in [4.69, 9.17) is 20.8 Å². The molecule has 1 aliphatic heterocycles. The number of methoxy groups -OCH3 is 1. The third-order valence-corrected chi connectivity index (χ3v) is 6.11. The molecular weight excluding hydrogens is 432 g/mol. The first kappa shape index (κ1) is 21.3. The monoisotopic (exact) mass is 452 g/mol. The van der Waals surface area contributed by atoms with Crippen LogP contribution in [-0.2, 0) is 4.79 Å². The van der Waals surface area contributed by atoms with Crippen LogP contribution in [0.3, 0.4) is 0 Å². The van der Waals surface area contributed by atoms with Crippen molar-refractivity contribution in [3.8, 4) is 17.1 Å². The summed E-state index contributed by atoms with van der Waals surface area (Å²) in [6.45, 7) is 4.46. The van der Waals surface area contributed by atoms with Crippen LogP contribution >= 0.6 is 23.4 Å². The van der Waals surface area contributed by atoms with Gasteiger partial charge in [-0.05, 0) is 79.7 Å². The molecule has 0 bridgehead atoms. The molecule has 0 radical (unpaired) electrons. The number of hydrogen-bond donors (Lipinski definition) is 0. The first-order chi connectivity index (χ1) is 15.0. The van der Waals surface area contributed by atoms with Crippen LogP contribution in [0.4, 0.5) is 5.69 Å². The van der Waals surface area contributed by atoms with Gasteiger partial charge in [0.15, 0.2) is 5.17 Å². The van der Waals surface area contributed by atoms with Crippen LogP contribution in [-0.4, -0.2) is 29.6 Å². The van der Waals surface area contributed by atoms with E-state index in [-0.39, 0.29) is 5.91 Å². The van der Waals surface area contributed by atoms with Crippen LogP contribution < -0.4 is 4.74 Å². The Hall–Kier alpha value is -2.96. The molecule has 31 heavy (non-hydrogen) atoms. The summed E-state index contributed by atoms with van der Waals surface area (Å²) in [7, 11) is 1.62. The second kappa shape index (κ2) is 9.04. The molecular formula is C24H21ClN2O3S. The highest BCUT2D eigenvalue weighted by Crippen LogP contribution is 2.35. The molecule has 1 saturated heterocycles. The van der Waals surface area contributed by atoms with E-state index < -0.39 is 0 Å². The number of hydrogen-bond acceptors (Lipinski definition) is 5. The van der Waals surface area contributed by atoms with E-state index in [2.05, 4.69) is 4.99 Å². The maximum atomic E-state index is 12.9. The number of likely N-dealkylation sites (N-methyl/N-ethyl adjacent to an activating group) is 1. The van der Waals surface area contributed by atoms with E-state index >= 15 is 0 Å². The maximum Gasteiger partial charge on any atom is 0.266 e. The van der Waals surface area contributed by atoms with Crippen molar-refractivity contribution in [2.75, 3.05) is 13.7 Å². The lowest BCUT2D eigenvalue weighted by atomic mass is 10.1. The minimum atomic E-state index is -0.0864. The quantitative estimate of drug-likeness (QED) is 0.412. The molecule has 1 aliphatic rings. The summed E-state index contributed by atoms with van der Waals surface area (Å²) in [5, 5.41) is 1.29. The molecule has 7 heteroatoms. The summed E-state index contributed by atoms with van der Waals surface area (Å²) in [5.41, 5.74) is 2.75. The Bertz CT molecular complexity index is 1180. The average molecular weight is 453 g/mol. The second-order valence-corrected chi connectivity index (χ2v) is 8.36. The van der Waals surface area contributed by atoms with Crippen molar-refractivity contribution >= 4 is 46.2 Å². The SMILES string of the molecule is CCN1C(=O)/C(=C\c2ccc(-c3cc(Cl)ccc3C)o2)SC1=Nc1ccc(OC)cc1. The van der Waals surface area contributed by atoms with Gasteiger partial charge < -0.3 is 9.15 Å². The number of rotatable bonds is 5. The van der Waals surface area contributed by atoms with Gasteiger partial charge in [-0.25, -0.2) is 4.99 Å². The number of aliphatic imine (C=N–C) groups is 1. The van der Waals surface area contributed by atoms with E-state index in [1.54, 1.807) is 18.1 Å². The largest absolute Gasteiger partial charge is 0.497 e. The number of furan rings is 1. The van der Waals surface area contributed by atoms with Crippen LogP contribution in [0.25, 0.3) is 17.4 Å². The molecule has 0 atom stereocenters. The number of carbonyl (C=O) groups excluding carboxylic acids is 1. The highest BCUT2D eigenvalue weighted by molar-refractivity contribution is 8.18. The van der Waals surface area contributed by atoms with Crippen molar-refractivity contribution in [3.63, 3.8) is 0 Å². The highest BCUT2D eigenvalue weighted by atomic mass is 35.5. The van der Waals surface area contributed by atoms with E-state index in [0.29, 0.717) is 33.2 Å². The average Bonchev–Trinajstić information content (AvgIpc) is 3.35. The van der Waals surface area contributed by atoms with Crippen molar-refractivity contribution in [2.45, 2.75) is 13.8 Å². The van der Waals surface area contributed by atoms with Crippen molar-refractivity contribution in [3.05, 3.63) is 75.8 Å². The summed E-state index contributed by atoms with van der Waals surface area (Å²) < 4.78 is 11.2. The van der Waals surface area contributed by atoms with Gasteiger partial charge in [0.05, 0.1) is 17.7 Å². The number of nitrogens with zero attached hydrogens (tertiary/aromatic N) is 2. The molecule has 158 valence electrons. The van der Waals surface area contributed by atoms with Gasteiger partial charge in [0, 0.05) is 23.2 Å². The first-order valence-electron chi connectivity index (χ1n) is 9.79. The van der Waals surface area contributed by atoms with Gasteiger partial charge in [0.1, 0.15) is 17.3 Å². The molecule has 3 aromatic rings. The lowest BCUT2D eigenvalue weighted by Gasteiger charge is -2.12. The molecule has 1 amide bonds. The molecule has 0 saturated carbocycles. The molecule has 5 nitrogen and oxygen atoms in total. The Morgan fingerprint density at radius 1 is 1.16 bits per heavy atom. The number of amides is 1. The summed E-state index contributed by atoms with van der Waals surface area (Å²) in [5.74, 6) is 1.99. The van der Waals surface area contributed by atoms with Gasteiger partial charge in [-0.2, -0.15) is 0 Å². The fourth-order valence-corrected chi connectivity index (χ4v) is 4.42. The second-order valence-electron chi connectivity index (χ2n) is 6.91. The number of amidine groups is 1. The highest BCUT2D eigenvalue weighted by Gasteiger charge is 2.32. The van der Waals surface area contributed by atoms with Crippen molar-refractivity contribution in [1.82, 2.24) is 4.90 Å². The van der Waals surface area contributed by atoms with Crippen molar-refractivity contribution < 1.29 is 13.9 Å². The Balaban J connectivity index is 1.61. The molecule has 0 spiro atoms. The molecule has 4 rings (SSSR count). The molecule has 0 unspecified atom stereocenters. The lowest BCUT2D eigenvalue weighted by Crippen LogP contribution is -2.28. The number of halogens is 1. The van der Waals surface area contributed by atoms with Gasteiger partial charge in [-0.1, -0.05) is 17.7 Å². The van der Waals surface area contributed by atoms with Crippen LogP contribution in [0.1, 0.15) is 18.2 Å². The predicted molar refractivity (Wildman–Crippen MR) is 127 cm³/mol. The Morgan fingerprint density at radius 3 is 2.65 bits per heavy atom. The summed E-state index contributed by atoms with van der Waals surface area (Å²) in [4.78, 5) is 19.8. The smallest absolute Gasteiger partial charge is 0.266 e. The topological polar surface area (TPSA) is 55.0 Å². The van der Waals surface area contributed by atoms with Crippen LogP contribution in [0.2, 0.25) is 5.02 Å². The maximum absolute atomic E-state index is 12.9. The van der Waals surface area contributed by atoms with Crippen LogP contribution in [0.5, 0.6) is 5.75 Å². The van der Waals surface area contributed by atoms with E-state index in [1.807, 2.05) is 68.4 Å². The molecule has 0 N–H and O–H groups in total. The molecule has 1 fully saturated rings. The molecule has 2 heterocycles. The first-order valence-corrected chi connectivity index (χ1v) is 11.0. The minimum absolute atomic E-state index is 0.0864. The fraction of sp³-hybridized carbons (Fsp3) is 0.167. The standard InChI is InChI=1S/C24H21ClN2O3S/c1-4-27-23(28)22(31-24(27)26-17-7-9-18(29-3)10-8-17)14-19-11-12-21(30-19)20-13-16(25)6-5-15(20)2/h5-14H,4H2,1-3H3/b22-14+,26-24?. The van der Waals surface area contributed by atoms with E-state index in [1.165, 1.54) is 11.8 Å². The van der Waals surface area contributed by atoms with Gasteiger partial charge in [0.25, 0.3) is 5.91 Å². The van der Waals surface area contributed by atoms with E-state index in [9.17, 15) is 4.79 Å². The van der Waals surface area contributed by atoms with E-state index in [0.717, 1.165) is 22.6 Å². The number of benzene rings is 2. The third kappa shape index (κ3) is 4.55. The predicted octanol–water partition coefficient (Wildman–Crippen LogP) is 6.54. The minimum Gasteiger partial charge on any atom is -0.497 e.